The Morgan fingerprint density at radius 2 is 1.04 bits per heavy atom. The lowest BCUT2D eigenvalue weighted by Crippen LogP contribution is -1.88. The number of carbonyl (C=O) groups is 1. The number of hydrogen-bond donors (Lipinski definition) is 1. The third kappa shape index (κ3) is 16.6. The number of rotatable bonds is 0. The molecular formula is C25H38O3. The van der Waals surface area contributed by atoms with Crippen LogP contribution in [0.15, 0.2) is 78.9 Å². The molecule has 0 atom stereocenters. The second kappa shape index (κ2) is 24.2. The van der Waals surface area contributed by atoms with Crippen LogP contribution in [0.3, 0.4) is 0 Å². The first kappa shape index (κ1) is 29.9. The predicted octanol–water partition coefficient (Wildman–Crippen LogP) is 7.49. The minimum absolute atomic E-state index is 0.245. The zero-order valence-corrected chi connectivity index (χ0v) is 18.8. The Labute approximate surface area is 172 Å². The van der Waals surface area contributed by atoms with Crippen LogP contribution in [0.25, 0.3) is 10.8 Å². The highest BCUT2D eigenvalue weighted by atomic mass is 16.5. The van der Waals surface area contributed by atoms with Gasteiger partial charge in [-0.25, -0.2) is 0 Å². The molecule has 3 heteroatoms. The lowest BCUT2D eigenvalue weighted by molar-refractivity contribution is -0.137. The van der Waals surface area contributed by atoms with Crippen molar-refractivity contribution < 1.29 is 14.6 Å². The number of fused-ring (bicyclic) bond motifs is 1. The van der Waals surface area contributed by atoms with Gasteiger partial charge in [0, 0.05) is 12.3 Å². The van der Waals surface area contributed by atoms with Gasteiger partial charge >= 0.3 is 5.97 Å². The van der Waals surface area contributed by atoms with E-state index >= 15 is 0 Å². The molecule has 0 saturated carbocycles. The Morgan fingerprint density at radius 1 is 0.679 bits per heavy atom. The van der Waals surface area contributed by atoms with Gasteiger partial charge < -0.3 is 9.84 Å². The molecule has 0 aromatic heterocycles. The lowest BCUT2D eigenvalue weighted by Gasteiger charge is -1.97. The van der Waals surface area contributed by atoms with Crippen LogP contribution in [0.1, 0.15) is 48.5 Å². The summed E-state index contributed by atoms with van der Waals surface area (Å²) in [7, 11) is 1.35. The predicted molar refractivity (Wildman–Crippen MR) is 124 cm³/mol. The normalized spacial score (nSPS) is 7.57. The quantitative estimate of drug-likeness (QED) is 0.407. The number of ether oxygens (including phenoxy) is 1. The molecule has 0 fully saturated rings. The maximum Gasteiger partial charge on any atom is 0.302 e. The van der Waals surface area contributed by atoms with Gasteiger partial charge in [-0.2, -0.15) is 0 Å². The average molecular weight is 387 g/mol. The van der Waals surface area contributed by atoms with Crippen molar-refractivity contribution in [1.29, 1.82) is 0 Å². The van der Waals surface area contributed by atoms with E-state index in [2.05, 4.69) is 4.74 Å². The Hall–Kier alpha value is -2.81. The van der Waals surface area contributed by atoms with E-state index in [0.29, 0.717) is 5.75 Å². The molecule has 3 aromatic carbocycles. The summed E-state index contributed by atoms with van der Waals surface area (Å²) in [5.74, 6) is 0.105. The molecule has 0 aliphatic heterocycles. The zero-order valence-electron chi connectivity index (χ0n) is 18.8. The third-order valence-corrected chi connectivity index (χ3v) is 2.72. The van der Waals surface area contributed by atoms with Gasteiger partial charge in [0.2, 0.25) is 0 Å². The van der Waals surface area contributed by atoms with Gasteiger partial charge in [-0.3, -0.25) is 4.79 Å². The smallest absolute Gasteiger partial charge is 0.302 e. The van der Waals surface area contributed by atoms with Crippen LogP contribution in [0, 0.1) is 0 Å². The van der Waals surface area contributed by atoms with E-state index in [1.807, 2.05) is 114 Å². The molecule has 156 valence electrons. The van der Waals surface area contributed by atoms with E-state index in [1.165, 1.54) is 14.0 Å². The first-order chi connectivity index (χ1) is 13.6. The van der Waals surface area contributed by atoms with E-state index in [1.54, 1.807) is 6.07 Å². The van der Waals surface area contributed by atoms with Crippen molar-refractivity contribution in [2.75, 3.05) is 7.11 Å². The minimum atomic E-state index is -0.245. The number of benzene rings is 3. The summed E-state index contributed by atoms with van der Waals surface area (Å²) in [6, 6.07) is 25.3. The van der Waals surface area contributed by atoms with E-state index in [9.17, 15) is 9.90 Å². The van der Waals surface area contributed by atoms with Gasteiger partial charge in [-0.05, 0) is 11.5 Å². The van der Waals surface area contributed by atoms with Gasteiger partial charge in [-0.15, -0.1) is 0 Å². The van der Waals surface area contributed by atoms with Crippen LogP contribution >= 0.6 is 0 Å². The summed E-state index contributed by atoms with van der Waals surface area (Å²) in [4.78, 5) is 9.59. The fourth-order valence-corrected chi connectivity index (χ4v) is 1.59. The summed E-state index contributed by atoms with van der Waals surface area (Å²) < 4.78 is 4.11. The standard InChI is InChI=1S/C10H8O.C6H6.C3H6O2.3C2H6/c11-10-7-3-5-8-4-1-2-6-9(8)10;1-2-4-6-5-3-1;1-3(4)5-2;3*1-2/h1-7,11H;1-6H;1-2H3;3*1-2H3. The van der Waals surface area contributed by atoms with Crippen molar-refractivity contribution in [3.8, 4) is 5.75 Å². The molecule has 0 aliphatic carbocycles. The van der Waals surface area contributed by atoms with Crippen LogP contribution in [0.5, 0.6) is 5.75 Å². The molecule has 3 rings (SSSR count). The van der Waals surface area contributed by atoms with Crippen molar-refractivity contribution in [3.05, 3.63) is 78.9 Å². The fraction of sp³-hybridized carbons (Fsp3) is 0.320. The van der Waals surface area contributed by atoms with Gasteiger partial charge in [0.05, 0.1) is 7.11 Å². The highest BCUT2D eigenvalue weighted by molar-refractivity contribution is 5.87. The molecular weight excluding hydrogens is 348 g/mol. The Morgan fingerprint density at radius 3 is 1.39 bits per heavy atom. The van der Waals surface area contributed by atoms with Crippen LogP contribution < -0.4 is 0 Å². The van der Waals surface area contributed by atoms with Gasteiger partial charge in [0.1, 0.15) is 5.75 Å². The summed E-state index contributed by atoms with van der Waals surface area (Å²) in [5, 5.41) is 11.4. The summed E-state index contributed by atoms with van der Waals surface area (Å²) >= 11 is 0. The van der Waals surface area contributed by atoms with E-state index in [0.717, 1.165) is 10.8 Å². The summed E-state index contributed by atoms with van der Waals surface area (Å²) in [5.41, 5.74) is 0. The molecule has 0 bridgehead atoms. The molecule has 0 unspecified atom stereocenters. The van der Waals surface area contributed by atoms with Crippen LogP contribution in [-0.4, -0.2) is 18.2 Å². The van der Waals surface area contributed by atoms with Crippen molar-refractivity contribution in [2.24, 2.45) is 0 Å². The number of hydrogen-bond acceptors (Lipinski definition) is 3. The number of aromatic hydroxyl groups is 1. The van der Waals surface area contributed by atoms with Crippen molar-refractivity contribution in [3.63, 3.8) is 0 Å². The maximum absolute atomic E-state index is 9.59. The molecule has 0 saturated heterocycles. The second-order valence-corrected chi connectivity index (χ2v) is 4.35. The Bertz CT molecular complexity index is 647. The molecule has 0 aliphatic rings. The Kier molecular flexibility index (Phi) is 25.9. The zero-order chi connectivity index (χ0) is 22.2. The lowest BCUT2D eigenvalue weighted by atomic mass is 10.1. The molecule has 0 heterocycles. The highest BCUT2D eigenvalue weighted by Gasteiger charge is 1.94. The summed E-state index contributed by atoms with van der Waals surface area (Å²) in [6.07, 6.45) is 0. The molecule has 0 spiro atoms. The van der Waals surface area contributed by atoms with Crippen LogP contribution in [-0.2, 0) is 9.53 Å². The van der Waals surface area contributed by atoms with Crippen molar-refractivity contribution >= 4 is 16.7 Å². The van der Waals surface area contributed by atoms with Crippen LogP contribution in [0.2, 0.25) is 0 Å². The third-order valence-electron chi connectivity index (χ3n) is 2.72. The number of phenols is 1. The van der Waals surface area contributed by atoms with Crippen LogP contribution in [0.4, 0.5) is 0 Å². The van der Waals surface area contributed by atoms with Gasteiger partial charge in [-0.1, -0.05) is 114 Å². The molecule has 28 heavy (non-hydrogen) atoms. The number of carbonyl (C=O) groups excluding carboxylic acids is 1. The monoisotopic (exact) mass is 386 g/mol. The Balaban J connectivity index is -0.000000317. The SMILES string of the molecule is CC.CC.CC.COC(C)=O.Oc1cccc2ccccc12.c1ccccc1. The molecule has 1 N–H and O–H groups in total. The second-order valence-electron chi connectivity index (χ2n) is 4.35. The van der Waals surface area contributed by atoms with E-state index in [-0.39, 0.29) is 5.97 Å². The topological polar surface area (TPSA) is 46.5 Å². The average Bonchev–Trinajstić information content (AvgIpc) is 2.80. The number of methoxy groups -OCH3 is 1. The molecule has 0 amide bonds. The molecule has 3 nitrogen and oxygen atoms in total. The van der Waals surface area contributed by atoms with Gasteiger partial charge in [0.15, 0.2) is 0 Å². The maximum atomic E-state index is 9.59. The van der Waals surface area contributed by atoms with E-state index < -0.39 is 0 Å². The number of esters is 1. The fourth-order valence-electron chi connectivity index (χ4n) is 1.59. The minimum Gasteiger partial charge on any atom is -0.507 e. The molecule has 3 aromatic rings. The van der Waals surface area contributed by atoms with Crippen molar-refractivity contribution in [1.82, 2.24) is 0 Å². The molecule has 0 radical (unpaired) electrons. The number of phenolic OH excluding ortho intramolecular Hbond substituents is 1. The highest BCUT2D eigenvalue weighted by Crippen LogP contribution is 2.22. The van der Waals surface area contributed by atoms with Gasteiger partial charge in [0.25, 0.3) is 0 Å². The first-order valence-electron chi connectivity index (χ1n) is 9.86. The van der Waals surface area contributed by atoms with Crippen molar-refractivity contribution in [2.45, 2.75) is 48.5 Å². The van der Waals surface area contributed by atoms with E-state index in [4.69, 9.17) is 0 Å². The first-order valence-corrected chi connectivity index (χ1v) is 9.86. The summed E-state index contributed by atoms with van der Waals surface area (Å²) in [6.45, 7) is 13.4. The largest absolute Gasteiger partial charge is 0.507 e.